The highest BCUT2D eigenvalue weighted by Crippen LogP contribution is 2.10. The fraction of sp³-hybridized carbons (Fsp3) is 0.900. The van der Waals surface area contributed by atoms with Gasteiger partial charge in [-0.1, -0.05) is 76.4 Å². The van der Waals surface area contributed by atoms with Crippen molar-refractivity contribution in [3.8, 4) is 0 Å². The molecule has 0 radical (unpaired) electrons. The molecule has 22 heavy (non-hydrogen) atoms. The minimum atomic E-state index is 0.858. The maximum absolute atomic E-state index is 5.49. The lowest BCUT2D eigenvalue weighted by atomic mass is 10.1. The molecule has 4 N–H and O–H groups in total. The summed E-state index contributed by atoms with van der Waals surface area (Å²) in [6, 6.07) is 0. The van der Waals surface area contributed by atoms with Gasteiger partial charge in [0.15, 0.2) is 0 Å². The summed E-state index contributed by atoms with van der Waals surface area (Å²) in [4.78, 5) is 0. The van der Waals surface area contributed by atoms with E-state index in [-0.39, 0.29) is 0 Å². The van der Waals surface area contributed by atoms with Gasteiger partial charge in [0.25, 0.3) is 0 Å². The molecule has 0 heterocycles. The zero-order valence-electron chi connectivity index (χ0n) is 15.0. The molecule has 0 aromatic rings. The van der Waals surface area contributed by atoms with Crippen LogP contribution in [-0.2, 0) is 0 Å². The Morgan fingerprint density at radius 1 is 0.364 bits per heavy atom. The largest absolute Gasteiger partial charge is 0.330 e. The fourth-order valence-electron chi connectivity index (χ4n) is 2.82. The number of allylic oxidation sites excluding steroid dienone is 2. The molecule has 0 spiro atoms. The normalized spacial score (nSPS) is 11.5. The van der Waals surface area contributed by atoms with E-state index in [2.05, 4.69) is 12.2 Å². The van der Waals surface area contributed by atoms with Crippen LogP contribution >= 0.6 is 0 Å². The summed E-state index contributed by atoms with van der Waals surface area (Å²) in [5.74, 6) is 0. The number of hydrogen-bond acceptors (Lipinski definition) is 2. The van der Waals surface area contributed by atoms with Gasteiger partial charge in [0.2, 0.25) is 0 Å². The van der Waals surface area contributed by atoms with Crippen molar-refractivity contribution in [2.45, 2.75) is 103 Å². The average molecular weight is 311 g/mol. The fourth-order valence-corrected chi connectivity index (χ4v) is 2.82. The van der Waals surface area contributed by atoms with Crippen LogP contribution in [0.4, 0.5) is 0 Å². The van der Waals surface area contributed by atoms with Gasteiger partial charge in [0, 0.05) is 0 Å². The molecule has 0 unspecified atom stereocenters. The molecule has 2 nitrogen and oxygen atoms in total. The van der Waals surface area contributed by atoms with Crippen molar-refractivity contribution in [2.75, 3.05) is 13.1 Å². The van der Waals surface area contributed by atoms with Crippen LogP contribution in [0.1, 0.15) is 103 Å². The lowest BCUT2D eigenvalue weighted by Crippen LogP contribution is -1.97. The Kier molecular flexibility index (Phi) is 20.3. The molecule has 0 rings (SSSR count). The Hall–Kier alpha value is -0.340. The highest BCUT2D eigenvalue weighted by Gasteiger charge is 1.92. The predicted molar refractivity (Wildman–Crippen MR) is 101 cm³/mol. The molecule has 2 heteroatoms. The maximum Gasteiger partial charge on any atom is -0.00773 e. The van der Waals surface area contributed by atoms with Crippen LogP contribution in [0.5, 0.6) is 0 Å². The lowest BCUT2D eigenvalue weighted by Gasteiger charge is -2.01. The highest BCUT2D eigenvalue weighted by molar-refractivity contribution is 4.81. The van der Waals surface area contributed by atoms with E-state index >= 15 is 0 Å². The van der Waals surface area contributed by atoms with Crippen LogP contribution in [0.25, 0.3) is 0 Å². The Labute approximate surface area is 140 Å². The van der Waals surface area contributed by atoms with Gasteiger partial charge in [-0.25, -0.2) is 0 Å². The molecule has 132 valence electrons. The van der Waals surface area contributed by atoms with Gasteiger partial charge in [-0.2, -0.15) is 0 Å². The molecule has 0 aliphatic carbocycles. The molecule has 0 bridgehead atoms. The van der Waals surface area contributed by atoms with Crippen molar-refractivity contribution in [2.24, 2.45) is 11.5 Å². The van der Waals surface area contributed by atoms with E-state index in [0.717, 1.165) is 13.1 Å². The first-order chi connectivity index (χ1) is 10.9. The number of nitrogens with two attached hydrogens (primary N) is 2. The second kappa shape index (κ2) is 20.7. The molecule has 0 atom stereocenters. The van der Waals surface area contributed by atoms with Gasteiger partial charge in [-0.05, 0) is 51.6 Å². The Bertz CT molecular complexity index is 214. The summed E-state index contributed by atoms with van der Waals surface area (Å²) in [6.07, 6.45) is 26.3. The molecule has 0 saturated carbocycles. The Morgan fingerprint density at radius 3 is 0.955 bits per heavy atom. The maximum atomic E-state index is 5.49. The standard InChI is InChI=1S/C20H42N2/c21-19-17-15-13-11-9-7-5-3-1-2-4-6-8-10-12-14-16-18-20-22/h1,3H,2,4-22H2/b3-1-. The van der Waals surface area contributed by atoms with E-state index in [9.17, 15) is 0 Å². The first kappa shape index (κ1) is 21.7. The van der Waals surface area contributed by atoms with Crippen LogP contribution in [0.2, 0.25) is 0 Å². The second-order valence-corrected chi connectivity index (χ2v) is 6.58. The third-order valence-electron chi connectivity index (χ3n) is 4.32. The van der Waals surface area contributed by atoms with Gasteiger partial charge in [-0.3, -0.25) is 0 Å². The number of hydrogen-bond donors (Lipinski definition) is 2. The van der Waals surface area contributed by atoms with Crippen LogP contribution in [0.15, 0.2) is 12.2 Å². The van der Waals surface area contributed by atoms with E-state index in [1.54, 1.807) is 0 Å². The Balaban J connectivity index is 3.02. The first-order valence-corrected chi connectivity index (χ1v) is 9.97. The third-order valence-corrected chi connectivity index (χ3v) is 4.32. The number of rotatable bonds is 18. The summed E-state index contributed by atoms with van der Waals surface area (Å²) in [7, 11) is 0. The molecule has 0 fully saturated rings. The molecule has 0 aliphatic rings. The monoisotopic (exact) mass is 310 g/mol. The summed E-state index contributed by atoms with van der Waals surface area (Å²) < 4.78 is 0. The van der Waals surface area contributed by atoms with Gasteiger partial charge >= 0.3 is 0 Å². The summed E-state index contributed by atoms with van der Waals surface area (Å²) in [5.41, 5.74) is 11.0. The number of unbranched alkanes of at least 4 members (excludes halogenated alkanes) is 14. The summed E-state index contributed by atoms with van der Waals surface area (Å²) >= 11 is 0. The SMILES string of the molecule is NCCCCCCCC/C=C\CCCCCCCCCCN. The van der Waals surface area contributed by atoms with Crippen LogP contribution < -0.4 is 11.5 Å². The van der Waals surface area contributed by atoms with E-state index in [4.69, 9.17) is 11.5 Å². The average Bonchev–Trinajstić information content (AvgIpc) is 2.54. The van der Waals surface area contributed by atoms with E-state index < -0.39 is 0 Å². The van der Waals surface area contributed by atoms with Crippen molar-refractivity contribution in [3.63, 3.8) is 0 Å². The van der Waals surface area contributed by atoms with Crippen LogP contribution in [0.3, 0.4) is 0 Å². The summed E-state index contributed by atoms with van der Waals surface area (Å²) in [5, 5.41) is 0. The van der Waals surface area contributed by atoms with Crippen molar-refractivity contribution >= 4 is 0 Å². The molecule has 0 amide bonds. The second-order valence-electron chi connectivity index (χ2n) is 6.58. The van der Waals surface area contributed by atoms with E-state index in [0.29, 0.717) is 0 Å². The zero-order chi connectivity index (χ0) is 16.1. The molecule has 0 aromatic heterocycles. The molecule has 0 aromatic carbocycles. The van der Waals surface area contributed by atoms with Gasteiger partial charge < -0.3 is 11.5 Å². The molecule has 0 aliphatic heterocycles. The summed E-state index contributed by atoms with van der Waals surface area (Å²) in [6.45, 7) is 1.72. The highest BCUT2D eigenvalue weighted by atomic mass is 14.5. The first-order valence-electron chi connectivity index (χ1n) is 9.97. The van der Waals surface area contributed by atoms with Gasteiger partial charge in [0.05, 0.1) is 0 Å². The van der Waals surface area contributed by atoms with Crippen molar-refractivity contribution < 1.29 is 0 Å². The van der Waals surface area contributed by atoms with Crippen LogP contribution in [0, 0.1) is 0 Å². The Morgan fingerprint density at radius 2 is 0.636 bits per heavy atom. The topological polar surface area (TPSA) is 52.0 Å². The third kappa shape index (κ3) is 19.7. The molecule has 0 saturated heterocycles. The van der Waals surface area contributed by atoms with Gasteiger partial charge in [-0.15, -0.1) is 0 Å². The predicted octanol–water partition coefficient (Wildman–Crippen LogP) is 5.70. The lowest BCUT2D eigenvalue weighted by molar-refractivity contribution is 0.571. The van der Waals surface area contributed by atoms with E-state index in [1.165, 1.54) is 103 Å². The zero-order valence-corrected chi connectivity index (χ0v) is 15.0. The minimum Gasteiger partial charge on any atom is -0.330 e. The smallest absolute Gasteiger partial charge is 0.00773 e. The van der Waals surface area contributed by atoms with Crippen molar-refractivity contribution in [1.29, 1.82) is 0 Å². The van der Waals surface area contributed by atoms with E-state index in [1.807, 2.05) is 0 Å². The van der Waals surface area contributed by atoms with Crippen molar-refractivity contribution in [1.82, 2.24) is 0 Å². The minimum absolute atomic E-state index is 0.858. The van der Waals surface area contributed by atoms with Crippen molar-refractivity contribution in [3.05, 3.63) is 12.2 Å². The van der Waals surface area contributed by atoms with Crippen LogP contribution in [-0.4, -0.2) is 13.1 Å². The molecular formula is C20H42N2. The van der Waals surface area contributed by atoms with Gasteiger partial charge in [0.1, 0.15) is 0 Å². The molecular weight excluding hydrogens is 268 g/mol. The quantitative estimate of drug-likeness (QED) is 0.252.